The minimum absolute atomic E-state index is 0.129. The molecule has 2 unspecified atom stereocenters. The van der Waals surface area contributed by atoms with Gasteiger partial charge in [0.2, 0.25) is 0 Å². The van der Waals surface area contributed by atoms with Crippen molar-refractivity contribution >= 4 is 0 Å². The third-order valence-corrected chi connectivity index (χ3v) is 5.34. The maximum atomic E-state index is 6.42. The van der Waals surface area contributed by atoms with E-state index in [4.69, 9.17) is 10.2 Å². The second-order valence-electron chi connectivity index (χ2n) is 6.71. The summed E-state index contributed by atoms with van der Waals surface area (Å²) < 4.78 is 5.90. The molecule has 2 rings (SSSR count). The monoisotopic (exact) mass is 292 g/mol. The van der Waals surface area contributed by atoms with Crippen molar-refractivity contribution in [3.63, 3.8) is 0 Å². The van der Waals surface area contributed by atoms with E-state index in [1.807, 2.05) is 13.0 Å². The van der Waals surface area contributed by atoms with Gasteiger partial charge in [-0.3, -0.25) is 4.90 Å². The standard InChI is InChI=1S/C18H32N2O/c1-5-14-8-10-15(11-9-14)20(4)18(16(19)6-2)17-12-7-13(3)21-17/h7,12,14-16,18H,5-6,8-11,19H2,1-4H3. The second kappa shape index (κ2) is 7.46. The third kappa shape index (κ3) is 3.89. The molecule has 1 saturated carbocycles. The molecule has 0 radical (unpaired) electrons. The number of furan rings is 1. The molecule has 0 bridgehead atoms. The van der Waals surface area contributed by atoms with Gasteiger partial charge in [-0.05, 0) is 64.1 Å². The zero-order valence-electron chi connectivity index (χ0n) is 14.1. The van der Waals surface area contributed by atoms with E-state index in [0.717, 1.165) is 23.9 Å². The van der Waals surface area contributed by atoms with Crippen LogP contribution in [0.3, 0.4) is 0 Å². The van der Waals surface area contributed by atoms with Gasteiger partial charge in [-0.2, -0.15) is 0 Å². The van der Waals surface area contributed by atoms with Crippen LogP contribution in [0.2, 0.25) is 0 Å². The highest BCUT2D eigenvalue weighted by atomic mass is 16.3. The van der Waals surface area contributed by atoms with Crippen molar-refractivity contribution in [1.29, 1.82) is 0 Å². The number of rotatable bonds is 6. The predicted octanol–water partition coefficient (Wildman–Crippen LogP) is 4.27. The average molecular weight is 292 g/mol. The molecule has 1 aliphatic rings. The number of hydrogen-bond acceptors (Lipinski definition) is 3. The Bertz CT molecular complexity index is 421. The Morgan fingerprint density at radius 1 is 1.24 bits per heavy atom. The molecule has 1 aromatic heterocycles. The highest BCUT2D eigenvalue weighted by Gasteiger charge is 2.32. The second-order valence-corrected chi connectivity index (χ2v) is 6.71. The van der Waals surface area contributed by atoms with Crippen LogP contribution in [0.4, 0.5) is 0 Å². The van der Waals surface area contributed by atoms with Gasteiger partial charge in [0, 0.05) is 12.1 Å². The number of hydrogen-bond donors (Lipinski definition) is 1. The van der Waals surface area contributed by atoms with Gasteiger partial charge in [0.05, 0.1) is 6.04 Å². The molecule has 1 heterocycles. The Morgan fingerprint density at radius 2 is 1.90 bits per heavy atom. The van der Waals surface area contributed by atoms with Gasteiger partial charge in [-0.15, -0.1) is 0 Å². The Morgan fingerprint density at radius 3 is 2.38 bits per heavy atom. The lowest BCUT2D eigenvalue weighted by molar-refractivity contribution is 0.0904. The Hall–Kier alpha value is -0.800. The van der Waals surface area contributed by atoms with Gasteiger partial charge in [-0.1, -0.05) is 20.3 Å². The zero-order valence-corrected chi connectivity index (χ0v) is 14.1. The third-order valence-electron chi connectivity index (χ3n) is 5.34. The lowest BCUT2D eigenvalue weighted by Gasteiger charge is -2.40. The van der Waals surface area contributed by atoms with Crippen molar-refractivity contribution in [2.75, 3.05) is 7.05 Å². The molecular weight excluding hydrogens is 260 g/mol. The Kier molecular flexibility index (Phi) is 5.88. The number of likely N-dealkylation sites (N-methyl/N-ethyl adjacent to an activating group) is 1. The molecule has 1 fully saturated rings. The molecule has 0 amide bonds. The minimum Gasteiger partial charge on any atom is -0.465 e. The molecule has 0 aliphatic heterocycles. The fourth-order valence-corrected chi connectivity index (χ4v) is 3.74. The predicted molar refractivity (Wildman–Crippen MR) is 88.3 cm³/mol. The van der Waals surface area contributed by atoms with Crippen LogP contribution < -0.4 is 5.73 Å². The number of nitrogens with two attached hydrogens (primary N) is 1. The zero-order chi connectivity index (χ0) is 15.4. The fourth-order valence-electron chi connectivity index (χ4n) is 3.74. The van der Waals surface area contributed by atoms with Gasteiger partial charge in [-0.25, -0.2) is 0 Å². The summed E-state index contributed by atoms with van der Waals surface area (Å²) in [6, 6.07) is 5.12. The van der Waals surface area contributed by atoms with Crippen molar-refractivity contribution in [3.05, 3.63) is 23.7 Å². The van der Waals surface area contributed by atoms with Crippen LogP contribution in [-0.4, -0.2) is 24.0 Å². The maximum Gasteiger partial charge on any atom is 0.122 e. The highest BCUT2D eigenvalue weighted by Crippen LogP contribution is 2.34. The van der Waals surface area contributed by atoms with E-state index in [1.165, 1.54) is 32.1 Å². The highest BCUT2D eigenvalue weighted by molar-refractivity contribution is 5.12. The van der Waals surface area contributed by atoms with Crippen molar-refractivity contribution in [2.45, 2.75) is 77.4 Å². The van der Waals surface area contributed by atoms with Crippen LogP contribution >= 0.6 is 0 Å². The number of aryl methyl sites for hydroxylation is 1. The Balaban J connectivity index is 2.10. The van der Waals surface area contributed by atoms with Crippen LogP contribution in [0.5, 0.6) is 0 Å². The van der Waals surface area contributed by atoms with E-state index in [0.29, 0.717) is 6.04 Å². The van der Waals surface area contributed by atoms with E-state index < -0.39 is 0 Å². The molecule has 0 spiro atoms. The minimum atomic E-state index is 0.129. The van der Waals surface area contributed by atoms with E-state index in [9.17, 15) is 0 Å². The van der Waals surface area contributed by atoms with Crippen LogP contribution in [0.1, 0.15) is 69.9 Å². The normalized spacial score (nSPS) is 26.0. The molecule has 3 nitrogen and oxygen atoms in total. The van der Waals surface area contributed by atoms with Gasteiger partial charge in [0.25, 0.3) is 0 Å². The first-order valence-electron chi connectivity index (χ1n) is 8.60. The van der Waals surface area contributed by atoms with Crippen LogP contribution in [0.15, 0.2) is 16.5 Å². The van der Waals surface area contributed by atoms with Crippen LogP contribution in [0, 0.1) is 12.8 Å². The van der Waals surface area contributed by atoms with Crippen LogP contribution in [-0.2, 0) is 0 Å². The van der Waals surface area contributed by atoms with E-state index >= 15 is 0 Å². The lowest BCUT2D eigenvalue weighted by atomic mass is 9.83. The molecule has 120 valence electrons. The van der Waals surface area contributed by atoms with Gasteiger partial charge in [0.15, 0.2) is 0 Å². The SMILES string of the molecule is CCC1CCC(N(C)C(c2ccc(C)o2)C(N)CC)CC1. The summed E-state index contributed by atoms with van der Waals surface area (Å²) in [5.41, 5.74) is 6.42. The molecule has 2 N–H and O–H groups in total. The number of nitrogens with zero attached hydrogens (tertiary/aromatic N) is 1. The summed E-state index contributed by atoms with van der Waals surface area (Å²) in [6.07, 6.45) is 7.60. The fraction of sp³-hybridized carbons (Fsp3) is 0.778. The molecular formula is C18H32N2O. The molecule has 21 heavy (non-hydrogen) atoms. The summed E-state index contributed by atoms with van der Waals surface area (Å²) >= 11 is 0. The summed E-state index contributed by atoms with van der Waals surface area (Å²) in [7, 11) is 2.23. The van der Waals surface area contributed by atoms with Crippen molar-refractivity contribution in [3.8, 4) is 0 Å². The Labute approximate surface area is 129 Å². The summed E-state index contributed by atoms with van der Waals surface area (Å²) in [4.78, 5) is 2.48. The molecule has 1 aliphatic carbocycles. The van der Waals surface area contributed by atoms with Crippen molar-refractivity contribution in [1.82, 2.24) is 4.90 Å². The first kappa shape index (κ1) is 16.6. The molecule has 3 heteroatoms. The summed E-state index contributed by atoms with van der Waals surface area (Å²) in [5.74, 6) is 2.93. The molecule has 0 saturated heterocycles. The van der Waals surface area contributed by atoms with Gasteiger partial charge in [0.1, 0.15) is 11.5 Å². The largest absolute Gasteiger partial charge is 0.465 e. The average Bonchev–Trinajstić information content (AvgIpc) is 2.93. The van der Waals surface area contributed by atoms with E-state index in [2.05, 4.69) is 31.9 Å². The summed E-state index contributed by atoms with van der Waals surface area (Å²) in [5, 5.41) is 0. The first-order valence-corrected chi connectivity index (χ1v) is 8.60. The molecule has 0 aromatic carbocycles. The van der Waals surface area contributed by atoms with Crippen LogP contribution in [0.25, 0.3) is 0 Å². The van der Waals surface area contributed by atoms with Crippen molar-refractivity contribution < 1.29 is 4.42 Å². The van der Waals surface area contributed by atoms with Gasteiger partial charge < -0.3 is 10.2 Å². The lowest BCUT2D eigenvalue weighted by Crippen LogP contribution is -2.45. The smallest absolute Gasteiger partial charge is 0.122 e. The van der Waals surface area contributed by atoms with E-state index in [1.54, 1.807) is 0 Å². The van der Waals surface area contributed by atoms with Gasteiger partial charge >= 0.3 is 0 Å². The summed E-state index contributed by atoms with van der Waals surface area (Å²) in [6.45, 7) is 6.48. The van der Waals surface area contributed by atoms with E-state index in [-0.39, 0.29) is 12.1 Å². The molecule has 1 aromatic rings. The maximum absolute atomic E-state index is 6.42. The molecule has 2 atom stereocenters. The first-order chi connectivity index (χ1) is 10.1. The topological polar surface area (TPSA) is 42.4 Å². The quantitative estimate of drug-likeness (QED) is 0.851. The van der Waals surface area contributed by atoms with Crippen molar-refractivity contribution in [2.24, 2.45) is 11.7 Å².